The van der Waals surface area contributed by atoms with Crippen molar-refractivity contribution < 1.29 is 9.90 Å². The summed E-state index contributed by atoms with van der Waals surface area (Å²) in [6.45, 7) is 1.92. The fourth-order valence-corrected chi connectivity index (χ4v) is 1.86. The molecule has 3 N–H and O–H groups in total. The minimum Gasteiger partial charge on any atom is -0.370 e. The van der Waals surface area contributed by atoms with Crippen molar-refractivity contribution in [1.29, 1.82) is 0 Å². The molecule has 0 spiro atoms. The summed E-state index contributed by atoms with van der Waals surface area (Å²) in [6.07, 6.45) is 0.767. The van der Waals surface area contributed by atoms with E-state index in [2.05, 4.69) is 10.6 Å². The van der Waals surface area contributed by atoms with Gasteiger partial charge in [0.05, 0.1) is 0 Å². The molecule has 1 aromatic rings. The highest BCUT2D eigenvalue weighted by Gasteiger charge is 2.32. The zero-order valence-electron chi connectivity index (χ0n) is 8.77. The van der Waals surface area contributed by atoms with Crippen LogP contribution in [0.3, 0.4) is 0 Å². The van der Waals surface area contributed by atoms with E-state index in [1.54, 1.807) is 18.2 Å². The Morgan fingerprint density at radius 2 is 2.06 bits per heavy atom. The molecule has 5 heteroatoms. The molecule has 0 amide bonds. The van der Waals surface area contributed by atoms with E-state index in [1.807, 2.05) is 6.07 Å². The summed E-state index contributed by atoms with van der Waals surface area (Å²) >= 11 is 0. The molecule has 0 saturated carbocycles. The Morgan fingerprint density at radius 3 is 2.69 bits per heavy atom. The molecule has 1 fully saturated rings. The number of halogens is 1. The summed E-state index contributed by atoms with van der Waals surface area (Å²) in [4.78, 5) is 10.9. The Balaban J connectivity index is 0.00000128. The number of rotatable bonds is 2. The molecule has 88 valence electrons. The zero-order chi connectivity index (χ0) is 10.7. The van der Waals surface area contributed by atoms with Crippen LogP contribution in [0.5, 0.6) is 0 Å². The van der Waals surface area contributed by atoms with Crippen molar-refractivity contribution in [3.05, 3.63) is 35.4 Å². The van der Waals surface area contributed by atoms with Crippen molar-refractivity contribution in [3.63, 3.8) is 0 Å². The number of hydrogen-bond acceptors (Lipinski definition) is 4. The first-order valence-corrected chi connectivity index (χ1v) is 4.99. The lowest BCUT2D eigenvalue weighted by atomic mass is 9.96. The number of hydrogen-bond donors (Lipinski definition) is 3. The fraction of sp³-hybridized carbons (Fsp3) is 0.364. The Kier molecular flexibility index (Phi) is 4.44. The highest BCUT2D eigenvalue weighted by Crippen LogP contribution is 2.21. The molecular weight excluding hydrogens is 228 g/mol. The summed E-state index contributed by atoms with van der Waals surface area (Å²) in [6, 6.07) is 7.07. The third-order valence-corrected chi connectivity index (χ3v) is 2.63. The second-order valence-corrected chi connectivity index (χ2v) is 3.67. The smallest absolute Gasteiger partial charge is 0.155 e. The second-order valence-electron chi connectivity index (χ2n) is 3.67. The van der Waals surface area contributed by atoms with Crippen LogP contribution < -0.4 is 10.6 Å². The molecule has 1 aliphatic heterocycles. The first-order chi connectivity index (χ1) is 7.26. The SMILES string of the molecule is Cl.O=Cc1ccccc1[C@@]1(O)CNCCN1. The maximum absolute atomic E-state index is 10.9. The van der Waals surface area contributed by atoms with E-state index in [-0.39, 0.29) is 12.4 Å². The Bertz CT molecular complexity index is 365. The molecule has 1 atom stereocenters. The average molecular weight is 243 g/mol. The van der Waals surface area contributed by atoms with Gasteiger partial charge in [0.2, 0.25) is 0 Å². The Hall–Kier alpha value is -0.940. The summed E-state index contributed by atoms with van der Waals surface area (Å²) in [5.74, 6) is 0. The topological polar surface area (TPSA) is 61.4 Å². The molecule has 1 aromatic carbocycles. The van der Waals surface area contributed by atoms with Gasteiger partial charge < -0.3 is 10.4 Å². The summed E-state index contributed by atoms with van der Waals surface area (Å²) in [7, 11) is 0. The first-order valence-electron chi connectivity index (χ1n) is 4.99. The van der Waals surface area contributed by atoms with Crippen LogP contribution in [-0.4, -0.2) is 31.0 Å². The lowest BCUT2D eigenvalue weighted by Gasteiger charge is -2.35. The van der Waals surface area contributed by atoms with Crippen molar-refractivity contribution in [2.75, 3.05) is 19.6 Å². The van der Waals surface area contributed by atoms with E-state index in [1.165, 1.54) is 0 Å². The normalized spacial score (nSPS) is 24.6. The van der Waals surface area contributed by atoms with Crippen molar-refractivity contribution in [1.82, 2.24) is 10.6 Å². The number of piperazine rings is 1. The van der Waals surface area contributed by atoms with E-state index in [4.69, 9.17) is 0 Å². The monoisotopic (exact) mass is 242 g/mol. The minimum atomic E-state index is -1.13. The molecule has 0 unspecified atom stereocenters. The molecule has 2 rings (SSSR count). The Morgan fingerprint density at radius 1 is 1.31 bits per heavy atom. The predicted octanol–water partition coefficient (Wildman–Crippen LogP) is 0.259. The third kappa shape index (κ3) is 2.41. The average Bonchev–Trinajstić information content (AvgIpc) is 2.30. The summed E-state index contributed by atoms with van der Waals surface area (Å²) in [5, 5.41) is 16.4. The molecule has 4 nitrogen and oxygen atoms in total. The van der Waals surface area contributed by atoms with E-state index in [0.717, 1.165) is 12.8 Å². The van der Waals surface area contributed by atoms with Gasteiger partial charge in [-0.2, -0.15) is 0 Å². The van der Waals surface area contributed by atoms with Crippen molar-refractivity contribution >= 4 is 18.7 Å². The van der Waals surface area contributed by atoms with Crippen LogP contribution >= 0.6 is 12.4 Å². The van der Waals surface area contributed by atoms with Crippen molar-refractivity contribution in [2.24, 2.45) is 0 Å². The quantitative estimate of drug-likeness (QED) is 0.651. The first kappa shape index (κ1) is 13.1. The highest BCUT2D eigenvalue weighted by atomic mass is 35.5. The molecule has 0 radical (unpaired) electrons. The van der Waals surface area contributed by atoms with E-state index in [0.29, 0.717) is 24.2 Å². The maximum atomic E-state index is 10.9. The van der Waals surface area contributed by atoms with Crippen LogP contribution in [0.2, 0.25) is 0 Å². The maximum Gasteiger partial charge on any atom is 0.155 e. The van der Waals surface area contributed by atoms with Gasteiger partial charge >= 0.3 is 0 Å². The van der Waals surface area contributed by atoms with Gasteiger partial charge in [0.25, 0.3) is 0 Å². The second kappa shape index (κ2) is 5.41. The lowest BCUT2D eigenvalue weighted by Crippen LogP contribution is -2.57. The van der Waals surface area contributed by atoms with Crippen LogP contribution in [0.4, 0.5) is 0 Å². The molecule has 16 heavy (non-hydrogen) atoms. The number of carbonyl (C=O) groups is 1. The minimum absolute atomic E-state index is 0. The summed E-state index contributed by atoms with van der Waals surface area (Å²) < 4.78 is 0. The van der Waals surface area contributed by atoms with Gasteiger partial charge in [-0.3, -0.25) is 10.1 Å². The predicted molar refractivity (Wildman–Crippen MR) is 63.8 cm³/mol. The van der Waals surface area contributed by atoms with Gasteiger partial charge in [-0.15, -0.1) is 12.4 Å². The van der Waals surface area contributed by atoms with Crippen LogP contribution in [0.25, 0.3) is 0 Å². The molecule has 1 aliphatic rings. The molecule has 1 heterocycles. The third-order valence-electron chi connectivity index (χ3n) is 2.63. The van der Waals surface area contributed by atoms with Gasteiger partial charge in [0.15, 0.2) is 5.72 Å². The van der Waals surface area contributed by atoms with E-state index in [9.17, 15) is 9.90 Å². The number of aliphatic hydroxyl groups is 1. The largest absolute Gasteiger partial charge is 0.370 e. The van der Waals surface area contributed by atoms with Gasteiger partial charge in [0, 0.05) is 30.8 Å². The number of β-amino-alcohol motifs (C(OH)–C–C–N with tert-alkyl or cyclic N) is 1. The van der Waals surface area contributed by atoms with Crippen LogP contribution in [0.15, 0.2) is 24.3 Å². The van der Waals surface area contributed by atoms with Gasteiger partial charge in [-0.25, -0.2) is 0 Å². The zero-order valence-corrected chi connectivity index (χ0v) is 9.59. The standard InChI is InChI=1S/C11H14N2O2.ClH/c14-7-9-3-1-2-4-10(9)11(15)8-12-5-6-13-11;/h1-4,7,12-13,15H,5-6,8H2;1H/t11-;/m0./s1. The van der Waals surface area contributed by atoms with Crippen molar-refractivity contribution in [3.8, 4) is 0 Å². The van der Waals surface area contributed by atoms with Gasteiger partial charge in [0.1, 0.15) is 6.29 Å². The van der Waals surface area contributed by atoms with Gasteiger partial charge in [-0.05, 0) is 0 Å². The Labute approximate surface area is 100 Å². The number of carbonyl (C=O) groups excluding carboxylic acids is 1. The van der Waals surface area contributed by atoms with Crippen LogP contribution in [0, 0.1) is 0 Å². The molecule has 0 bridgehead atoms. The number of benzene rings is 1. The van der Waals surface area contributed by atoms with E-state index >= 15 is 0 Å². The highest BCUT2D eigenvalue weighted by molar-refractivity contribution is 5.85. The molecular formula is C11H15ClN2O2. The number of nitrogens with one attached hydrogen (secondary N) is 2. The summed E-state index contributed by atoms with van der Waals surface area (Å²) in [5.41, 5.74) is 0.0267. The van der Waals surface area contributed by atoms with Crippen molar-refractivity contribution in [2.45, 2.75) is 5.72 Å². The van der Waals surface area contributed by atoms with Crippen LogP contribution in [0.1, 0.15) is 15.9 Å². The lowest BCUT2D eigenvalue weighted by molar-refractivity contribution is -0.0117. The fourth-order valence-electron chi connectivity index (χ4n) is 1.86. The van der Waals surface area contributed by atoms with Crippen LogP contribution in [-0.2, 0) is 5.72 Å². The van der Waals surface area contributed by atoms with E-state index < -0.39 is 5.72 Å². The van der Waals surface area contributed by atoms with Gasteiger partial charge in [-0.1, -0.05) is 24.3 Å². The molecule has 1 saturated heterocycles. The molecule has 0 aromatic heterocycles. The molecule has 0 aliphatic carbocycles. The number of aldehydes is 1.